The summed E-state index contributed by atoms with van der Waals surface area (Å²) in [6.07, 6.45) is 2.71. The number of carbonyl (C=O) groups is 1. The smallest absolute Gasteiger partial charge is 0.261 e. The Morgan fingerprint density at radius 2 is 1.90 bits per heavy atom. The Kier molecular flexibility index (Phi) is 6.23. The van der Waals surface area contributed by atoms with Crippen LogP contribution in [0.3, 0.4) is 0 Å². The highest BCUT2D eigenvalue weighted by atomic mass is 35.7. The third-order valence-electron chi connectivity index (χ3n) is 3.63. The Balaban J connectivity index is 3.17. The summed E-state index contributed by atoms with van der Waals surface area (Å²) in [6.45, 7) is 7.64. The molecule has 0 aliphatic rings. The molecule has 4 nitrogen and oxygen atoms in total. The van der Waals surface area contributed by atoms with Gasteiger partial charge in [0.2, 0.25) is 0 Å². The molecule has 1 rings (SSSR count). The number of nitrogens with one attached hydrogen (secondary N) is 1. The van der Waals surface area contributed by atoms with Gasteiger partial charge in [0.05, 0.1) is 4.90 Å². The van der Waals surface area contributed by atoms with Crippen molar-refractivity contribution in [1.82, 2.24) is 5.32 Å². The molecule has 0 radical (unpaired) electrons. The monoisotopic (exact) mass is 331 g/mol. The van der Waals surface area contributed by atoms with Crippen LogP contribution in [-0.4, -0.2) is 20.4 Å². The molecule has 0 bridgehead atoms. The van der Waals surface area contributed by atoms with E-state index in [0.717, 1.165) is 30.4 Å². The molecule has 0 aromatic heterocycles. The quantitative estimate of drug-likeness (QED) is 0.811. The molecule has 1 unspecified atom stereocenters. The lowest BCUT2D eigenvalue weighted by Crippen LogP contribution is -2.34. The number of benzene rings is 1. The summed E-state index contributed by atoms with van der Waals surface area (Å²) in [5.74, 6) is -0.252. The Hall–Kier alpha value is -1.07. The maximum absolute atomic E-state index is 12.4. The first-order valence-corrected chi connectivity index (χ1v) is 9.38. The van der Waals surface area contributed by atoms with E-state index in [2.05, 4.69) is 12.2 Å². The minimum atomic E-state index is -3.85. The van der Waals surface area contributed by atoms with Crippen molar-refractivity contribution < 1.29 is 13.2 Å². The second kappa shape index (κ2) is 7.27. The predicted molar refractivity (Wildman–Crippen MR) is 85.4 cm³/mol. The van der Waals surface area contributed by atoms with Gasteiger partial charge in [0.1, 0.15) is 0 Å². The Labute approximate surface area is 131 Å². The zero-order valence-corrected chi connectivity index (χ0v) is 14.4. The van der Waals surface area contributed by atoms with Gasteiger partial charge < -0.3 is 5.32 Å². The van der Waals surface area contributed by atoms with Gasteiger partial charge in [-0.25, -0.2) is 8.42 Å². The van der Waals surface area contributed by atoms with Gasteiger partial charge in [0.25, 0.3) is 15.0 Å². The molecule has 0 heterocycles. The third kappa shape index (κ3) is 4.71. The predicted octanol–water partition coefficient (Wildman–Crippen LogP) is 3.54. The highest BCUT2D eigenvalue weighted by molar-refractivity contribution is 8.13. The van der Waals surface area contributed by atoms with Crippen LogP contribution >= 0.6 is 10.7 Å². The van der Waals surface area contributed by atoms with Crippen molar-refractivity contribution in [1.29, 1.82) is 0 Å². The average Bonchev–Trinajstić information content (AvgIpc) is 2.39. The normalized spacial score (nSPS) is 13.0. The minimum absolute atomic E-state index is 0.0408. The Morgan fingerprint density at radius 1 is 1.29 bits per heavy atom. The molecule has 1 aromatic rings. The first-order chi connectivity index (χ1) is 9.70. The van der Waals surface area contributed by atoms with Gasteiger partial charge in [-0.05, 0) is 49.9 Å². The number of aryl methyl sites for hydroxylation is 1. The topological polar surface area (TPSA) is 63.2 Å². The molecule has 0 fully saturated rings. The summed E-state index contributed by atoms with van der Waals surface area (Å²) >= 11 is 0. The van der Waals surface area contributed by atoms with Crippen molar-refractivity contribution in [2.45, 2.75) is 57.9 Å². The number of hydrogen-bond acceptors (Lipinski definition) is 3. The molecule has 0 spiro atoms. The second-order valence-electron chi connectivity index (χ2n) is 5.22. The largest absolute Gasteiger partial charge is 0.349 e. The highest BCUT2D eigenvalue weighted by Gasteiger charge is 2.19. The summed E-state index contributed by atoms with van der Waals surface area (Å²) in [7, 11) is 1.53. The maximum Gasteiger partial charge on any atom is 0.261 e. The molecular weight excluding hydrogens is 310 g/mol. The number of halogens is 1. The zero-order chi connectivity index (χ0) is 16.2. The minimum Gasteiger partial charge on any atom is -0.349 e. The first kappa shape index (κ1) is 18.0. The number of carbonyl (C=O) groups excluding carboxylic acids is 1. The van der Waals surface area contributed by atoms with E-state index < -0.39 is 9.05 Å². The van der Waals surface area contributed by atoms with Gasteiger partial charge in [0.15, 0.2) is 0 Å². The van der Waals surface area contributed by atoms with Crippen LogP contribution in [0.4, 0.5) is 0 Å². The number of hydrogen-bond donors (Lipinski definition) is 1. The molecule has 1 amide bonds. The van der Waals surface area contributed by atoms with Crippen molar-refractivity contribution in [3.63, 3.8) is 0 Å². The van der Waals surface area contributed by atoms with Crippen LogP contribution in [0, 0.1) is 13.8 Å². The van der Waals surface area contributed by atoms with Crippen LogP contribution in [0.1, 0.15) is 54.6 Å². The summed E-state index contributed by atoms with van der Waals surface area (Å²) in [6, 6.07) is 2.93. The van der Waals surface area contributed by atoms with E-state index in [1.165, 1.54) is 12.1 Å². The van der Waals surface area contributed by atoms with Crippen molar-refractivity contribution >= 4 is 25.6 Å². The lowest BCUT2D eigenvalue weighted by atomic mass is 10.0. The molecule has 0 aliphatic carbocycles. The molecule has 0 saturated heterocycles. The van der Waals surface area contributed by atoms with Gasteiger partial charge >= 0.3 is 0 Å². The van der Waals surface area contributed by atoms with Gasteiger partial charge in [-0.1, -0.05) is 20.3 Å². The van der Waals surface area contributed by atoms with Crippen LogP contribution in [0.15, 0.2) is 17.0 Å². The second-order valence-corrected chi connectivity index (χ2v) is 7.78. The van der Waals surface area contributed by atoms with E-state index >= 15 is 0 Å². The van der Waals surface area contributed by atoms with Gasteiger partial charge in [-0.2, -0.15) is 0 Å². The van der Waals surface area contributed by atoms with Crippen molar-refractivity contribution in [2.75, 3.05) is 0 Å². The Morgan fingerprint density at radius 3 is 2.38 bits per heavy atom. The fraction of sp³-hybridized carbons (Fsp3) is 0.533. The molecule has 1 aromatic carbocycles. The van der Waals surface area contributed by atoms with Gasteiger partial charge in [-0.3, -0.25) is 4.79 Å². The van der Waals surface area contributed by atoms with Crippen LogP contribution in [0.25, 0.3) is 0 Å². The maximum atomic E-state index is 12.4. The molecule has 0 aliphatic heterocycles. The SMILES string of the molecule is CCCC(CC)NC(=O)c1cc(S(=O)(=O)Cl)cc(C)c1C. The van der Waals surface area contributed by atoms with E-state index in [1.54, 1.807) is 13.8 Å². The van der Waals surface area contributed by atoms with Gasteiger partial charge in [-0.15, -0.1) is 0 Å². The van der Waals surface area contributed by atoms with Crippen LogP contribution in [-0.2, 0) is 9.05 Å². The standard InChI is InChI=1S/C15H22ClNO3S/c1-5-7-12(6-2)17-15(18)14-9-13(21(16,19)20)8-10(3)11(14)4/h8-9,12H,5-7H2,1-4H3,(H,17,18). The van der Waals surface area contributed by atoms with E-state index in [0.29, 0.717) is 5.56 Å². The van der Waals surface area contributed by atoms with Crippen LogP contribution in [0.5, 0.6) is 0 Å². The van der Waals surface area contributed by atoms with Crippen molar-refractivity contribution in [2.24, 2.45) is 0 Å². The summed E-state index contributed by atoms with van der Waals surface area (Å²) in [5.41, 5.74) is 1.86. The molecule has 1 N–H and O–H groups in total. The van der Waals surface area contributed by atoms with E-state index in [9.17, 15) is 13.2 Å². The molecule has 118 valence electrons. The fourth-order valence-corrected chi connectivity index (χ4v) is 3.04. The van der Waals surface area contributed by atoms with Crippen molar-refractivity contribution in [3.8, 4) is 0 Å². The number of rotatable bonds is 6. The average molecular weight is 332 g/mol. The zero-order valence-electron chi connectivity index (χ0n) is 12.9. The van der Waals surface area contributed by atoms with Crippen LogP contribution < -0.4 is 5.32 Å². The third-order valence-corrected chi connectivity index (χ3v) is 4.97. The molecular formula is C15H22ClNO3S. The first-order valence-electron chi connectivity index (χ1n) is 7.07. The molecule has 6 heteroatoms. The van der Waals surface area contributed by atoms with E-state index in [1.807, 2.05) is 6.92 Å². The molecule has 0 saturated carbocycles. The van der Waals surface area contributed by atoms with Crippen LogP contribution in [0.2, 0.25) is 0 Å². The fourth-order valence-electron chi connectivity index (χ4n) is 2.19. The van der Waals surface area contributed by atoms with Crippen molar-refractivity contribution in [3.05, 3.63) is 28.8 Å². The summed E-state index contributed by atoms with van der Waals surface area (Å²) in [5, 5.41) is 2.95. The van der Waals surface area contributed by atoms with Gasteiger partial charge in [0, 0.05) is 22.3 Å². The molecule has 21 heavy (non-hydrogen) atoms. The van der Waals surface area contributed by atoms with E-state index in [-0.39, 0.29) is 16.8 Å². The summed E-state index contributed by atoms with van der Waals surface area (Å²) < 4.78 is 23.0. The highest BCUT2D eigenvalue weighted by Crippen LogP contribution is 2.23. The lowest BCUT2D eigenvalue weighted by Gasteiger charge is -2.18. The lowest BCUT2D eigenvalue weighted by molar-refractivity contribution is 0.0933. The molecule has 1 atom stereocenters. The number of amides is 1. The Bertz CT molecular complexity index is 626. The van der Waals surface area contributed by atoms with E-state index in [4.69, 9.17) is 10.7 Å². The summed E-state index contributed by atoms with van der Waals surface area (Å²) in [4.78, 5) is 12.4.